The third-order valence-electron chi connectivity index (χ3n) is 4.56. The number of carbonyl (C=O) groups excluding carboxylic acids is 1. The summed E-state index contributed by atoms with van der Waals surface area (Å²) in [4.78, 5) is 11.7. The fraction of sp³-hybridized carbons (Fsp3) is 0.792. The van der Waals surface area contributed by atoms with Gasteiger partial charge in [-0.1, -0.05) is 63.3 Å². The molecule has 0 atom stereocenters. The molecule has 0 fully saturated rings. The fourth-order valence-electron chi connectivity index (χ4n) is 2.85. The van der Waals surface area contributed by atoms with E-state index in [0.717, 1.165) is 19.3 Å². The molecule has 29 heavy (non-hydrogen) atoms. The summed E-state index contributed by atoms with van der Waals surface area (Å²) in [6.07, 6.45) is 23.0. The molecule has 3 N–H and O–H groups in total. The second-order valence-electron chi connectivity index (χ2n) is 7.34. The molecule has 0 aliphatic rings. The van der Waals surface area contributed by atoms with Gasteiger partial charge >= 0.3 is 0 Å². The molecule has 0 saturated carbocycles. The van der Waals surface area contributed by atoms with E-state index in [9.17, 15) is 4.79 Å². The second kappa shape index (κ2) is 24.9. The lowest BCUT2D eigenvalue weighted by molar-refractivity contribution is -0.121. The maximum atomic E-state index is 11.7. The predicted molar refractivity (Wildman–Crippen MR) is 123 cm³/mol. The molecule has 0 aromatic carbocycles. The molecule has 1 amide bonds. The number of unbranched alkanes of at least 4 members (excludes halogenated alkanes) is 8. The molecule has 170 valence electrons. The van der Waals surface area contributed by atoms with E-state index < -0.39 is 0 Å². The zero-order valence-electron chi connectivity index (χ0n) is 18.8. The smallest absolute Gasteiger partial charge is 0.220 e. The van der Waals surface area contributed by atoms with Gasteiger partial charge in [0.1, 0.15) is 0 Å². The zero-order valence-corrected chi connectivity index (χ0v) is 18.8. The fourth-order valence-corrected chi connectivity index (χ4v) is 2.85. The number of nitrogens with one attached hydrogen (secondary N) is 1. The highest BCUT2D eigenvalue weighted by Gasteiger charge is 2.00. The van der Waals surface area contributed by atoms with E-state index in [1.54, 1.807) is 0 Å². The highest BCUT2D eigenvalue weighted by atomic mass is 16.5. The summed E-state index contributed by atoms with van der Waals surface area (Å²) < 4.78 is 10.6. The molecule has 5 nitrogen and oxygen atoms in total. The van der Waals surface area contributed by atoms with Gasteiger partial charge in [-0.25, -0.2) is 0 Å². The molecule has 0 aliphatic carbocycles. The van der Waals surface area contributed by atoms with Gasteiger partial charge in [-0.3, -0.25) is 4.79 Å². The van der Waals surface area contributed by atoms with Gasteiger partial charge in [0.2, 0.25) is 5.91 Å². The Labute approximate surface area is 179 Å². The van der Waals surface area contributed by atoms with E-state index in [2.05, 4.69) is 36.5 Å². The van der Waals surface area contributed by atoms with Crippen LogP contribution in [0.5, 0.6) is 0 Å². The summed E-state index contributed by atoms with van der Waals surface area (Å²) >= 11 is 0. The normalized spacial score (nSPS) is 11.7. The maximum absolute atomic E-state index is 11.7. The van der Waals surface area contributed by atoms with E-state index in [1.165, 1.54) is 51.4 Å². The molecule has 0 unspecified atom stereocenters. The Morgan fingerprint density at radius 1 is 0.793 bits per heavy atom. The van der Waals surface area contributed by atoms with Crippen molar-refractivity contribution in [2.24, 2.45) is 5.73 Å². The molecule has 0 bridgehead atoms. The first-order chi connectivity index (χ1) is 14.3. The van der Waals surface area contributed by atoms with E-state index >= 15 is 0 Å². The third-order valence-corrected chi connectivity index (χ3v) is 4.56. The minimum absolute atomic E-state index is 0.124. The van der Waals surface area contributed by atoms with E-state index in [1.807, 2.05) is 0 Å². The maximum Gasteiger partial charge on any atom is 0.220 e. The van der Waals surface area contributed by atoms with Gasteiger partial charge in [0.15, 0.2) is 0 Å². The number of ether oxygens (including phenoxy) is 2. The van der Waals surface area contributed by atoms with Crippen molar-refractivity contribution >= 4 is 5.91 Å². The van der Waals surface area contributed by atoms with Gasteiger partial charge in [-0.05, 0) is 38.5 Å². The van der Waals surface area contributed by atoms with E-state index in [-0.39, 0.29) is 5.91 Å². The molecular weight excluding hydrogens is 364 g/mol. The molecular formula is C24H46N2O3. The molecule has 0 saturated heterocycles. The first-order valence-corrected chi connectivity index (χ1v) is 11.7. The van der Waals surface area contributed by atoms with Crippen molar-refractivity contribution in [3.63, 3.8) is 0 Å². The quantitative estimate of drug-likeness (QED) is 0.196. The SMILES string of the molecule is CCCCC/C=C\C/C=C\CCCCCCCC(=O)NCCOCCOCCN. The summed E-state index contributed by atoms with van der Waals surface area (Å²) in [5.74, 6) is 0.124. The molecule has 0 spiro atoms. The lowest BCUT2D eigenvalue weighted by Gasteiger charge is -2.07. The van der Waals surface area contributed by atoms with Gasteiger partial charge in [0, 0.05) is 19.5 Å². The van der Waals surface area contributed by atoms with Crippen LogP contribution < -0.4 is 11.1 Å². The first kappa shape index (κ1) is 27.8. The largest absolute Gasteiger partial charge is 0.378 e. The van der Waals surface area contributed by atoms with Crippen LogP contribution >= 0.6 is 0 Å². The minimum Gasteiger partial charge on any atom is -0.378 e. The van der Waals surface area contributed by atoms with Crippen LogP contribution in [0.3, 0.4) is 0 Å². The number of nitrogens with two attached hydrogens (primary N) is 1. The van der Waals surface area contributed by atoms with Crippen LogP contribution in [0, 0.1) is 0 Å². The Bertz CT molecular complexity index is 398. The van der Waals surface area contributed by atoms with Crippen LogP contribution in [-0.2, 0) is 14.3 Å². The van der Waals surface area contributed by atoms with Crippen LogP contribution in [0.25, 0.3) is 0 Å². The Balaban J connectivity index is 3.25. The molecule has 0 radical (unpaired) electrons. The van der Waals surface area contributed by atoms with Gasteiger partial charge in [0.25, 0.3) is 0 Å². The average Bonchev–Trinajstić information content (AvgIpc) is 2.72. The van der Waals surface area contributed by atoms with Crippen LogP contribution in [0.2, 0.25) is 0 Å². The number of carbonyl (C=O) groups is 1. The highest BCUT2D eigenvalue weighted by Crippen LogP contribution is 2.08. The van der Waals surface area contributed by atoms with Crippen molar-refractivity contribution in [1.82, 2.24) is 5.32 Å². The topological polar surface area (TPSA) is 73.6 Å². The zero-order chi connectivity index (χ0) is 21.3. The standard InChI is InChI=1S/C24H46N2O3/c1-2-3-4-5-6-7-8-9-10-11-12-13-14-15-16-17-24(27)26-19-21-29-23-22-28-20-18-25/h6-7,9-10H,2-5,8,11-23,25H2,1H3,(H,26,27)/b7-6-,10-9-. The summed E-state index contributed by atoms with van der Waals surface area (Å²) in [7, 11) is 0. The number of rotatable bonds is 22. The molecule has 0 rings (SSSR count). The van der Waals surface area contributed by atoms with Crippen molar-refractivity contribution in [2.45, 2.75) is 84.0 Å². The van der Waals surface area contributed by atoms with Crippen LogP contribution in [0.15, 0.2) is 24.3 Å². The number of allylic oxidation sites excluding steroid dienone is 4. The molecule has 0 aromatic heterocycles. The van der Waals surface area contributed by atoms with Crippen molar-refractivity contribution in [2.75, 3.05) is 39.5 Å². The number of hydrogen-bond donors (Lipinski definition) is 2. The van der Waals surface area contributed by atoms with E-state index in [0.29, 0.717) is 45.9 Å². The summed E-state index contributed by atoms with van der Waals surface area (Å²) in [5, 5.41) is 2.89. The monoisotopic (exact) mass is 410 g/mol. The third kappa shape index (κ3) is 24.8. The van der Waals surface area contributed by atoms with Crippen molar-refractivity contribution in [3.05, 3.63) is 24.3 Å². The predicted octanol–water partition coefficient (Wildman–Crippen LogP) is 4.91. The first-order valence-electron chi connectivity index (χ1n) is 11.7. The van der Waals surface area contributed by atoms with Crippen LogP contribution in [0.1, 0.15) is 84.0 Å². The van der Waals surface area contributed by atoms with Gasteiger partial charge < -0.3 is 20.5 Å². The molecule has 0 aromatic rings. The van der Waals surface area contributed by atoms with Crippen LogP contribution in [0.4, 0.5) is 0 Å². The Morgan fingerprint density at radius 2 is 1.41 bits per heavy atom. The van der Waals surface area contributed by atoms with Crippen molar-refractivity contribution < 1.29 is 14.3 Å². The van der Waals surface area contributed by atoms with Crippen molar-refractivity contribution in [3.8, 4) is 0 Å². The molecule has 0 heterocycles. The van der Waals surface area contributed by atoms with E-state index in [4.69, 9.17) is 15.2 Å². The second-order valence-corrected chi connectivity index (χ2v) is 7.34. The summed E-state index contributed by atoms with van der Waals surface area (Å²) in [5.41, 5.74) is 5.32. The van der Waals surface area contributed by atoms with Gasteiger partial charge in [-0.2, -0.15) is 0 Å². The Morgan fingerprint density at radius 3 is 2.10 bits per heavy atom. The molecule has 5 heteroatoms. The minimum atomic E-state index is 0.124. The lowest BCUT2D eigenvalue weighted by atomic mass is 10.1. The summed E-state index contributed by atoms with van der Waals surface area (Å²) in [6.45, 7) is 5.53. The highest BCUT2D eigenvalue weighted by molar-refractivity contribution is 5.75. The number of hydrogen-bond acceptors (Lipinski definition) is 4. The molecule has 0 aliphatic heterocycles. The Kier molecular flexibility index (Phi) is 23.9. The van der Waals surface area contributed by atoms with Gasteiger partial charge in [-0.15, -0.1) is 0 Å². The summed E-state index contributed by atoms with van der Waals surface area (Å²) in [6, 6.07) is 0. The average molecular weight is 411 g/mol. The number of amides is 1. The van der Waals surface area contributed by atoms with Gasteiger partial charge in [0.05, 0.1) is 26.4 Å². The lowest BCUT2D eigenvalue weighted by Crippen LogP contribution is -2.27. The van der Waals surface area contributed by atoms with Crippen LogP contribution in [-0.4, -0.2) is 45.4 Å². The Hall–Kier alpha value is -1.17. The van der Waals surface area contributed by atoms with Crippen molar-refractivity contribution in [1.29, 1.82) is 0 Å².